The quantitative estimate of drug-likeness (QED) is 0.914. The highest BCUT2D eigenvalue weighted by atomic mass is 79.9. The molecule has 1 N–H and O–H groups in total. The topological polar surface area (TPSA) is 21.3 Å². The average molecular weight is 279 g/mol. The Morgan fingerprint density at radius 3 is 2.93 bits per heavy atom. The Labute approximate surface area is 97.7 Å². The van der Waals surface area contributed by atoms with Gasteiger partial charge < -0.3 is 10.1 Å². The first-order chi connectivity index (χ1) is 6.63. The molecule has 14 heavy (non-hydrogen) atoms. The van der Waals surface area contributed by atoms with Crippen molar-refractivity contribution in [3.63, 3.8) is 0 Å². The highest BCUT2D eigenvalue weighted by Crippen LogP contribution is 2.28. The Kier molecular flexibility index (Phi) is 4.72. The van der Waals surface area contributed by atoms with Crippen LogP contribution >= 0.6 is 27.5 Å². The minimum Gasteiger partial charge on any atom is -0.488 e. The molecule has 2 nitrogen and oxygen atoms in total. The average Bonchev–Trinajstić information content (AvgIpc) is 2.12. The molecule has 1 aromatic carbocycles. The zero-order valence-corrected chi connectivity index (χ0v) is 10.5. The molecule has 78 valence electrons. The first kappa shape index (κ1) is 11.8. The van der Waals surface area contributed by atoms with E-state index in [1.54, 1.807) is 0 Å². The fraction of sp³-hybridized carbons (Fsp3) is 0.400. The monoisotopic (exact) mass is 277 g/mol. The Bertz CT molecular complexity index is 306. The van der Waals surface area contributed by atoms with Crippen molar-refractivity contribution in [3.05, 3.63) is 27.7 Å². The normalized spacial score (nSPS) is 12.6. The zero-order valence-electron chi connectivity index (χ0n) is 8.18. The maximum atomic E-state index is 5.97. The first-order valence-electron chi connectivity index (χ1n) is 4.39. The van der Waals surface area contributed by atoms with Crippen LogP contribution in [0.2, 0.25) is 5.02 Å². The van der Waals surface area contributed by atoms with Gasteiger partial charge in [-0.2, -0.15) is 0 Å². The molecule has 0 spiro atoms. The lowest BCUT2D eigenvalue weighted by molar-refractivity contribution is 0.220. The molecule has 0 heterocycles. The molecular weight excluding hydrogens is 265 g/mol. The zero-order chi connectivity index (χ0) is 10.6. The lowest BCUT2D eigenvalue weighted by atomic mass is 10.3. The van der Waals surface area contributed by atoms with E-state index in [9.17, 15) is 0 Å². The van der Waals surface area contributed by atoms with Gasteiger partial charge in [0.1, 0.15) is 11.9 Å². The number of rotatable bonds is 4. The fourth-order valence-corrected chi connectivity index (χ4v) is 1.62. The van der Waals surface area contributed by atoms with Crippen LogP contribution in [0.5, 0.6) is 5.75 Å². The summed E-state index contributed by atoms with van der Waals surface area (Å²) < 4.78 is 6.61. The van der Waals surface area contributed by atoms with Crippen molar-refractivity contribution >= 4 is 27.5 Å². The van der Waals surface area contributed by atoms with E-state index in [0.717, 1.165) is 11.0 Å². The van der Waals surface area contributed by atoms with Crippen LogP contribution < -0.4 is 10.1 Å². The largest absolute Gasteiger partial charge is 0.488 e. The third-order valence-electron chi connectivity index (χ3n) is 1.71. The first-order valence-corrected chi connectivity index (χ1v) is 5.57. The lowest BCUT2D eigenvalue weighted by Gasteiger charge is -2.15. The van der Waals surface area contributed by atoms with Crippen molar-refractivity contribution in [2.45, 2.75) is 13.0 Å². The SMILES string of the molecule is CNCC(C)Oc1cc(Br)ccc1Cl. The van der Waals surface area contributed by atoms with Gasteiger partial charge >= 0.3 is 0 Å². The van der Waals surface area contributed by atoms with Crippen molar-refractivity contribution in [3.8, 4) is 5.75 Å². The van der Waals surface area contributed by atoms with E-state index in [1.165, 1.54) is 0 Å². The molecule has 1 aromatic rings. The molecule has 0 saturated carbocycles. The second-order valence-electron chi connectivity index (χ2n) is 3.06. The summed E-state index contributed by atoms with van der Waals surface area (Å²) in [6, 6.07) is 5.57. The maximum Gasteiger partial charge on any atom is 0.139 e. The summed E-state index contributed by atoms with van der Waals surface area (Å²) >= 11 is 9.35. The van der Waals surface area contributed by atoms with E-state index < -0.39 is 0 Å². The Balaban J connectivity index is 2.70. The molecule has 0 radical (unpaired) electrons. The standard InChI is InChI=1S/C10H13BrClNO/c1-7(6-13-2)14-10-5-8(11)3-4-9(10)12/h3-5,7,13H,6H2,1-2H3. The van der Waals surface area contributed by atoms with Gasteiger partial charge in [0.25, 0.3) is 0 Å². The Morgan fingerprint density at radius 1 is 1.57 bits per heavy atom. The number of hydrogen-bond donors (Lipinski definition) is 1. The van der Waals surface area contributed by atoms with Gasteiger partial charge in [0.15, 0.2) is 0 Å². The highest BCUT2D eigenvalue weighted by molar-refractivity contribution is 9.10. The lowest BCUT2D eigenvalue weighted by Crippen LogP contribution is -2.26. The summed E-state index contributed by atoms with van der Waals surface area (Å²) in [4.78, 5) is 0. The molecule has 0 fully saturated rings. The molecule has 1 atom stereocenters. The van der Waals surface area contributed by atoms with Crippen LogP contribution in [-0.4, -0.2) is 19.7 Å². The van der Waals surface area contributed by atoms with E-state index >= 15 is 0 Å². The van der Waals surface area contributed by atoms with Gasteiger partial charge in [-0.1, -0.05) is 27.5 Å². The van der Waals surface area contributed by atoms with Crippen molar-refractivity contribution in [1.82, 2.24) is 5.32 Å². The molecule has 0 amide bonds. The third kappa shape index (κ3) is 3.48. The summed E-state index contributed by atoms with van der Waals surface area (Å²) in [5.41, 5.74) is 0. The predicted octanol–water partition coefficient (Wildman–Crippen LogP) is 3.09. The molecule has 1 unspecified atom stereocenters. The van der Waals surface area contributed by atoms with E-state index in [-0.39, 0.29) is 6.10 Å². The van der Waals surface area contributed by atoms with Crippen molar-refractivity contribution in [2.24, 2.45) is 0 Å². The minimum absolute atomic E-state index is 0.104. The smallest absolute Gasteiger partial charge is 0.139 e. The van der Waals surface area contributed by atoms with Gasteiger partial charge in [0.2, 0.25) is 0 Å². The molecule has 0 bridgehead atoms. The summed E-state index contributed by atoms with van der Waals surface area (Å²) in [7, 11) is 1.89. The van der Waals surface area contributed by atoms with Crippen LogP contribution in [0.1, 0.15) is 6.92 Å². The molecule has 1 rings (SSSR count). The number of ether oxygens (including phenoxy) is 1. The minimum atomic E-state index is 0.104. The van der Waals surface area contributed by atoms with Crippen LogP contribution in [0.25, 0.3) is 0 Å². The molecule has 0 saturated heterocycles. The number of hydrogen-bond acceptors (Lipinski definition) is 2. The summed E-state index contributed by atoms with van der Waals surface area (Å²) in [6.07, 6.45) is 0.104. The number of nitrogens with one attached hydrogen (secondary N) is 1. The molecule has 0 aliphatic heterocycles. The van der Waals surface area contributed by atoms with Gasteiger partial charge in [0.05, 0.1) is 5.02 Å². The van der Waals surface area contributed by atoms with Crippen molar-refractivity contribution < 1.29 is 4.74 Å². The van der Waals surface area contributed by atoms with Gasteiger partial charge in [0, 0.05) is 11.0 Å². The van der Waals surface area contributed by atoms with E-state index in [0.29, 0.717) is 10.8 Å². The van der Waals surface area contributed by atoms with E-state index in [4.69, 9.17) is 16.3 Å². The molecule has 0 aliphatic rings. The summed E-state index contributed by atoms with van der Waals surface area (Å²) in [6.45, 7) is 2.79. The molecular formula is C10H13BrClNO. The van der Waals surface area contributed by atoms with Crippen LogP contribution in [0.4, 0.5) is 0 Å². The molecule has 0 aromatic heterocycles. The highest BCUT2D eigenvalue weighted by Gasteiger charge is 2.06. The number of benzene rings is 1. The van der Waals surface area contributed by atoms with E-state index in [2.05, 4.69) is 21.2 Å². The predicted molar refractivity (Wildman–Crippen MR) is 63.2 cm³/mol. The third-order valence-corrected chi connectivity index (χ3v) is 2.52. The van der Waals surface area contributed by atoms with Crippen LogP contribution in [0.3, 0.4) is 0 Å². The van der Waals surface area contributed by atoms with E-state index in [1.807, 2.05) is 32.2 Å². The Morgan fingerprint density at radius 2 is 2.29 bits per heavy atom. The summed E-state index contributed by atoms with van der Waals surface area (Å²) in [5, 5.41) is 3.68. The Hall–Kier alpha value is -0.250. The van der Waals surface area contributed by atoms with Gasteiger partial charge in [-0.15, -0.1) is 0 Å². The van der Waals surface area contributed by atoms with Crippen molar-refractivity contribution in [2.75, 3.05) is 13.6 Å². The van der Waals surface area contributed by atoms with Gasteiger partial charge in [-0.3, -0.25) is 0 Å². The number of likely N-dealkylation sites (N-methyl/N-ethyl adjacent to an activating group) is 1. The van der Waals surface area contributed by atoms with Gasteiger partial charge in [-0.25, -0.2) is 0 Å². The summed E-state index contributed by atoms with van der Waals surface area (Å²) in [5.74, 6) is 0.712. The molecule has 4 heteroatoms. The van der Waals surface area contributed by atoms with Crippen LogP contribution in [0, 0.1) is 0 Å². The van der Waals surface area contributed by atoms with Crippen LogP contribution in [-0.2, 0) is 0 Å². The van der Waals surface area contributed by atoms with Crippen molar-refractivity contribution in [1.29, 1.82) is 0 Å². The second kappa shape index (κ2) is 5.59. The fourth-order valence-electron chi connectivity index (χ4n) is 1.11. The molecule has 0 aliphatic carbocycles. The van der Waals surface area contributed by atoms with Gasteiger partial charge in [-0.05, 0) is 32.2 Å². The second-order valence-corrected chi connectivity index (χ2v) is 4.38. The number of halogens is 2. The maximum absolute atomic E-state index is 5.97. The van der Waals surface area contributed by atoms with Crippen LogP contribution in [0.15, 0.2) is 22.7 Å².